The van der Waals surface area contributed by atoms with Gasteiger partial charge in [0.15, 0.2) is 0 Å². The van der Waals surface area contributed by atoms with Gasteiger partial charge in [-0.15, -0.1) is 0 Å². The van der Waals surface area contributed by atoms with Crippen LogP contribution in [0.15, 0.2) is 48.5 Å². The van der Waals surface area contributed by atoms with Crippen LogP contribution in [0.2, 0.25) is 0 Å². The summed E-state index contributed by atoms with van der Waals surface area (Å²) in [5.74, 6) is 0.00750. The largest absolute Gasteiger partial charge is 0.379 e. The van der Waals surface area contributed by atoms with Gasteiger partial charge in [0.05, 0.1) is 13.2 Å². The minimum atomic E-state index is -0.295. The van der Waals surface area contributed by atoms with Gasteiger partial charge in [0.1, 0.15) is 6.04 Å². The molecule has 1 N–H and O–H groups in total. The lowest BCUT2D eigenvalue weighted by molar-refractivity contribution is -0.123. The van der Waals surface area contributed by atoms with Gasteiger partial charge >= 0.3 is 0 Å². The monoisotopic (exact) mass is 324 g/mol. The van der Waals surface area contributed by atoms with Gasteiger partial charge in [-0.2, -0.15) is 0 Å². The average molecular weight is 324 g/mol. The Balaban J connectivity index is 1.85. The molecule has 0 bridgehead atoms. The minimum Gasteiger partial charge on any atom is -0.379 e. The van der Waals surface area contributed by atoms with Crippen molar-refractivity contribution in [1.82, 2.24) is 4.90 Å². The lowest BCUT2D eigenvalue weighted by atomic mass is 10.0. The Morgan fingerprint density at radius 2 is 1.67 bits per heavy atom. The molecule has 1 atom stereocenters. The third kappa shape index (κ3) is 4.02. The Kier molecular flexibility index (Phi) is 5.28. The molecule has 1 fully saturated rings. The zero-order valence-corrected chi connectivity index (χ0v) is 14.3. The standard InChI is InChI=1S/C20H24N2O2/c1-15-12-16(2)14-18(13-15)21-20(23)19(17-6-4-3-5-7-17)22-8-10-24-11-9-22/h3-7,12-14,19H,8-11H2,1-2H3,(H,21,23). The van der Waals surface area contributed by atoms with E-state index in [9.17, 15) is 4.79 Å². The summed E-state index contributed by atoms with van der Waals surface area (Å²) in [6.45, 7) is 6.94. The summed E-state index contributed by atoms with van der Waals surface area (Å²) in [6, 6.07) is 15.8. The van der Waals surface area contributed by atoms with Gasteiger partial charge in [0, 0.05) is 18.8 Å². The highest BCUT2D eigenvalue weighted by Crippen LogP contribution is 2.24. The normalized spacial score (nSPS) is 16.6. The number of nitrogens with one attached hydrogen (secondary N) is 1. The van der Waals surface area contributed by atoms with E-state index < -0.39 is 0 Å². The highest BCUT2D eigenvalue weighted by Gasteiger charge is 2.29. The topological polar surface area (TPSA) is 41.6 Å². The Bertz CT molecular complexity index is 674. The maximum Gasteiger partial charge on any atom is 0.246 e. The highest BCUT2D eigenvalue weighted by molar-refractivity contribution is 5.95. The van der Waals surface area contributed by atoms with Gasteiger partial charge in [-0.05, 0) is 42.7 Å². The summed E-state index contributed by atoms with van der Waals surface area (Å²) < 4.78 is 5.44. The smallest absolute Gasteiger partial charge is 0.246 e. The predicted octanol–water partition coefficient (Wildman–Crippen LogP) is 3.32. The SMILES string of the molecule is Cc1cc(C)cc(NC(=O)C(c2ccccc2)N2CCOCC2)c1. The molecule has 1 saturated heterocycles. The van der Waals surface area contributed by atoms with Crippen LogP contribution < -0.4 is 5.32 Å². The number of morpholine rings is 1. The van der Waals surface area contributed by atoms with E-state index in [0.717, 1.165) is 35.5 Å². The van der Waals surface area contributed by atoms with Gasteiger partial charge in [0.2, 0.25) is 5.91 Å². The first-order chi connectivity index (χ1) is 11.6. The van der Waals surface area contributed by atoms with E-state index in [1.165, 1.54) is 0 Å². The number of hydrogen-bond acceptors (Lipinski definition) is 3. The molecule has 0 radical (unpaired) electrons. The van der Waals surface area contributed by atoms with E-state index in [0.29, 0.717) is 13.2 Å². The van der Waals surface area contributed by atoms with Crippen molar-refractivity contribution in [3.8, 4) is 0 Å². The van der Waals surface area contributed by atoms with Crippen molar-refractivity contribution in [2.45, 2.75) is 19.9 Å². The number of anilines is 1. The summed E-state index contributed by atoms with van der Waals surface area (Å²) in [5, 5.41) is 3.10. The fraction of sp³-hybridized carbons (Fsp3) is 0.350. The second kappa shape index (κ2) is 7.60. The number of aryl methyl sites for hydroxylation is 2. The van der Waals surface area contributed by atoms with Crippen LogP contribution in [0.4, 0.5) is 5.69 Å². The predicted molar refractivity (Wildman–Crippen MR) is 96.1 cm³/mol. The molecule has 2 aromatic carbocycles. The summed E-state index contributed by atoms with van der Waals surface area (Å²) in [4.78, 5) is 15.2. The molecular weight excluding hydrogens is 300 g/mol. The van der Waals surface area contributed by atoms with Crippen molar-refractivity contribution >= 4 is 11.6 Å². The number of benzene rings is 2. The molecule has 126 valence electrons. The fourth-order valence-corrected chi connectivity index (χ4v) is 3.26. The first-order valence-corrected chi connectivity index (χ1v) is 8.39. The number of rotatable bonds is 4. The van der Waals surface area contributed by atoms with E-state index in [2.05, 4.69) is 16.3 Å². The maximum atomic E-state index is 13.0. The molecule has 24 heavy (non-hydrogen) atoms. The fourth-order valence-electron chi connectivity index (χ4n) is 3.26. The lowest BCUT2D eigenvalue weighted by Crippen LogP contribution is -2.43. The quantitative estimate of drug-likeness (QED) is 0.938. The second-order valence-electron chi connectivity index (χ2n) is 6.33. The highest BCUT2D eigenvalue weighted by atomic mass is 16.5. The van der Waals surface area contributed by atoms with Gasteiger partial charge in [-0.3, -0.25) is 9.69 Å². The Labute approximate surface area is 143 Å². The van der Waals surface area contributed by atoms with Gasteiger partial charge < -0.3 is 10.1 Å². The number of nitrogens with zero attached hydrogens (tertiary/aromatic N) is 1. The molecule has 1 aliphatic heterocycles. The number of amides is 1. The summed E-state index contributed by atoms with van der Waals surface area (Å²) in [5.41, 5.74) is 4.16. The van der Waals surface area contributed by atoms with Crippen LogP contribution >= 0.6 is 0 Å². The zero-order chi connectivity index (χ0) is 16.9. The van der Waals surface area contributed by atoms with Crippen LogP contribution in [-0.2, 0) is 9.53 Å². The zero-order valence-electron chi connectivity index (χ0n) is 14.3. The molecular formula is C20H24N2O2. The van der Waals surface area contributed by atoms with E-state index >= 15 is 0 Å². The Morgan fingerprint density at radius 3 is 2.29 bits per heavy atom. The number of ether oxygens (including phenoxy) is 1. The van der Waals surface area contributed by atoms with E-state index in [1.807, 2.05) is 56.3 Å². The van der Waals surface area contributed by atoms with Crippen molar-refractivity contribution in [3.05, 3.63) is 65.2 Å². The number of hydrogen-bond donors (Lipinski definition) is 1. The summed E-state index contributed by atoms with van der Waals surface area (Å²) in [7, 11) is 0. The molecule has 4 nitrogen and oxygen atoms in total. The van der Waals surface area contributed by atoms with E-state index in [-0.39, 0.29) is 11.9 Å². The maximum absolute atomic E-state index is 13.0. The number of carbonyl (C=O) groups excluding carboxylic acids is 1. The minimum absolute atomic E-state index is 0.00750. The molecule has 1 amide bonds. The Hall–Kier alpha value is -2.17. The van der Waals surface area contributed by atoms with Gasteiger partial charge in [-0.1, -0.05) is 36.4 Å². The third-order valence-corrected chi connectivity index (χ3v) is 4.26. The van der Waals surface area contributed by atoms with Crippen molar-refractivity contribution in [2.24, 2.45) is 0 Å². The molecule has 0 aliphatic carbocycles. The third-order valence-electron chi connectivity index (χ3n) is 4.26. The molecule has 0 spiro atoms. The van der Waals surface area contributed by atoms with Crippen LogP contribution in [-0.4, -0.2) is 37.1 Å². The molecule has 0 saturated carbocycles. The van der Waals surface area contributed by atoms with Crippen LogP contribution in [0.3, 0.4) is 0 Å². The van der Waals surface area contributed by atoms with Crippen LogP contribution in [0.5, 0.6) is 0 Å². The molecule has 2 aromatic rings. The van der Waals surface area contributed by atoms with Gasteiger partial charge in [-0.25, -0.2) is 0 Å². The van der Waals surface area contributed by atoms with Crippen molar-refractivity contribution < 1.29 is 9.53 Å². The number of carbonyl (C=O) groups is 1. The van der Waals surface area contributed by atoms with Crippen LogP contribution in [0.25, 0.3) is 0 Å². The molecule has 1 unspecified atom stereocenters. The molecule has 3 rings (SSSR count). The van der Waals surface area contributed by atoms with E-state index in [1.54, 1.807) is 0 Å². The second-order valence-corrected chi connectivity index (χ2v) is 6.33. The molecule has 4 heteroatoms. The molecule has 1 aliphatic rings. The summed E-state index contributed by atoms with van der Waals surface area (Å²) in [6.07, 6.45) is 0. The van der Waals surface area contributed by atoms with Gasteiger partial charge in [0.25, 0.3) is 0 Å². The van der Waals surface area contributed by atoms with Crippen molar-refractivity contribution in [3.63, 3.8) is 0 Å². The van der Waals surface area contributed by atoms with Crippen LogP contribution in [0.1, 0.15) is 22.7 Å². The van der Waals surface area contributed by atoms with Crippen molar-refractivity contribution in [1.29, 1.82) is 0 Å². The summed E-state index contributed by atoms with van der Waals surface area (Å²) >= 11 is 0. The van der Waals surface area contributed by atoms with Crippen LogP contribution in [0, 0.1) is 13.8 Å². The average Bonchev–Trinajstić information content (AvgIpc) is 2.56. The molecule has 1 heterocycles. The first-order valence-electron chi connectivity index (χ1n) is 8.39. The van der Waals surface area contributed by atoms with E-state index in [4.69, 9.17) is 4.74 Å². The van der Waals surface area contributed by atoms with Crippen molar-refractivity contribution in [2.75, 3.05) is 31.6 Å². The first kappa shape index (κ1) is 16.7. The molecule has 0 aromatic heterocycles. The lowest BCUT2D eigenvalue weighted by Gasteiger charge is -2.33. The Morgan fingerprint density at radius 1 is 1.04 bits per heavy atom.